The molecule has 0 spiro atoms. The van der Waals surface area contributed by atoms with Crippen molar-refractivity contribution in [1.29, 1.82) is 0 Å². The summed E-state index contributed by atoms with van der Waals surface area (Å²) >= 11 is 0. The van der Waals surface area contributed by atoms with Crippen LogP contribution in [0.1, 0.15) is 23.1 Å². The fraction of sp³-hybridized carbons (Fsp3) is 0.385. The Morgan fingerprint density at radius 3 is 2.64 bits per heavy atom. The fourth-order valence-electron chi connectivity index (χ4n) is 1.46. The first-order chi connectivity index (χ1) is 6.63. The molecule has 1 heteroatoms. The van der Waals surface area contributed by atoms with Crippen molar-refractivity contribution in [3.8, 4) is 12.3 Å². The predicted octanol–water partition coefficient (Wildman–Crippen LogP) is 2.20. The number of terminal acetylenes is 1. The van der Waals surface area contributed by atoms with E-state index >= 15 is 0 Å². The zero-order valence-corrected chi connectivity index (χ0v) is 8.88. The van der Waals surface area contributed by atoms with Crippen molar-refractivity contribution < 1.29 is 0 Å². The summed E-state index contributed by atoms with van der Waals surface area (Å²) in [5.74, 6) is 2.59. The summed E-state index contributed by atoms with van der Waals surface area (Å²) in [7, 11) is 0. The third kappa shape index (κ3) is 2.90. The van der Waals surface area contributed by atoms with Crippen LogP contribution in [0.5, 0.6) is 0 Å². The van der Waals surface area contributed by atoms with E-state index in [4.69, 9.17) is 12.2 Å². The lowest BCUT2D eigenvalue weighted by atomic mass is 10.0. The summed E-state index contributed by atoms with van der Waals surface area (Å²) in [4.78, 5) is 0. The molecule has 1 atom stereocenters. The predicted molar refractivity (Wildman–Crippen MR) is 61.0 cm³/mol. The van der Waals surface area contributed by atoms with Crippen molar-refractivity contribution in [3.05, 3.63) is 34.9 Å². The molecule has 0 aromatic heterocycles. The van der Waals surface area contributed by atoms with Crippen molar-refractivity contribution >= 4 is 0 Å². The van der Waals surface area contributed by atoms with Crippen LogP contribution in [0.2, 0.25) is 0 Å². The summed E-state index contributed by atoms with van der Waals surface area (Å²) < 4.78 is 0. The van der Waals surface area contributed by atoms with Crippen LogP contribution in [0.25, 0.3) is 0 Å². The monoisotopic (exact) mass is 187 g/mol. The standard InChI is InChI=1S/C13H17N/c1-4-5-13(14)9-12-7-6-10(2)11(3)8-12/h1,6-8,13H,5,9,14H2,2-3H3. The van der Waals surface area contributed by atoms with Crippen LogP contribution in [-0.2, 0) is 6.42 Å². The SMILES string of the molecule is C#CCC(N)Cc1ccc(C)c(C)c1. The number of hydrogen-bond donors (Lipinski definition) is 1. The van der Waals surface area contributed by atoms with Crippen LogP contribution < -0.4 is 5.73 Å². The molecule has 1 unspecified atom stereocenters. The van der Waals surface area contributed by atoms with Crippen molar-refractivity contribution in [2.75, 3.05) is 0 Å². The van der Waals surface area contributed by atoms with E-state index < -0.39 is 0 Å². The lowest BCUT2D eigenvalue weighted by Crippen LogP contribution is -2.21. The van der Waals surface area contributed by atoms with Crippen LogP contribution in [0, 0.1) is 26.2 Å². The topological polar surface area (TPSA) is 26.0 Å². The number of hydrogen-bond acceptors (Lipinski definition) is 1. The molecule has 1 rings (SSSR count). The number of rotatable bonds is 3. The fourth-order valence-corrected chi connectivity index (χ4v) is 1.46. The Morgan fingerprint density at radius 2 is 2.07 bits per heavy atom. The highest BCUT2D eigenvalue weighted by Gasteiger charge is 2.03. The van der Waals surface area contributed by atoms with Crippen molar-refractivity contribution in [2.24, 2.45) is 5.73 Å². The van der Waals surface area contributed by atoms with Gasteiger partial charge in [-0.15, -0.1) is 12.3 Å². The highest BCUT2D eigenvalue weighted by molar-refractivity contribution is 5.30. The number of nitrogens with two attached hydrogens (primary N) is 1. The zero-order valence-electron chi connectivity index (χ0n) is 8.88. The summed E-state index contributed by atoms with van der Waals surface area (Å²) in [5.41, 5.74) is 9.77. The van der Waals surface area contributed by atoms with E-state index in [0.717, 1.165) is 6.42 Å². The Labute approximate surface area is 86.3 Å². The molecule has 1 nitrogen and oxygen atoms in total. The van der Waals surface area contributed by atoms with E-state index in [2.05, 4.69) is 38.0 Å². The van der Waals surface area contributed by atoms with Gasteiger partial charge in [-0.3, -0.25) is 0 Å². The average Bonchev–Trinajstić information content (AvgIpc) is 2.12. The van der Waals surface area contributed by atoms with E-state index in [-0.39, 0.29) is 6.04 Å². The van der Waals surface area contributed by atoms with Gasteiger partial charge in [0, 0.05) is 12.5 Å². The van der Waals surface area contributed by atoms with Gasteiger partial charge in [0.1, 0.15) is 0 Å². The van der Waals surface area contributed by atoms with Crippen LogP contribution in [-0.4, -0.2) is 6.04 Å². The summed E-state index contributed by atoms with van der Waals surface area (Å²) in [6.45, 7) is 4.23. The molecule has 0 aliphatic heterocycles. The minimum absolute atomic E-state index is 0.0853. The van der Waals surface area contributed by atoms with E-state index in [1.54, 1.807) is 0 Å². The van der Waals surface area contributed by atoms with Crippen LogP contribution in [0.15, 0.2) is 18.2 Å². The molecule has 1 aromatic rings. The second-order valence-corrected chi connectivity index (χ2v) is 3.79. The van der Waals surface area contributed by atoms with Gasteiger partial charge < -0.3 is 5.73 Å². The Balaban J connectivity index is 2.69. The van der Waals surface area contributed by atoms with Gasteiger partial charge in [-0.1, -0.05) is 18.2 Å². The largest absolute Gasteiger partial charge is 0.327 e. The van der Waals surface area contributed by atoms with Crippen LogP contribution in [0.4, 0.5) is 0 Å². The molecule has 1 aromatic carbocycles. The first kappa shape index (κ1) is 10.8. The molecule has 0 aliphatic carbocycles. The Morgan fingerprint density at radius 1 is 1.36 bits per heavy atom. The molecule has 0 saturated heterocycles. The minimum atomic E-state index is 0.0853. The average molecular weight is 187 g/mol. The van der Waals surface area contributed by atoms with Gasteiger partial charge in [0.2, 0.25) is 0 Å². The molecule has 0 bridgehead atoms. The molecule has 0 aliphatic rings. The van der Waals surface area contributed by atoms with E-state index in [0.29, 0.717) is 6.42 Å². The van der Waals surface area contributed by atoms with Crippen LogP contribution in [0.3, 0.4) is 0 Å². The van der Waals surface area contributed by atoms with Gasteiger partial charge in [-0.2, -0.15) is 0 Å². The normalized spacial score (nSPS) is 12.1. The van der Waals surface area contributed by atoms with Crippen LogP contribution >= 0.6 is 0 Å². The quantitative estimate of drug-likeness (QED) is 0.721. The maximum absolute atomic E-state index is 5.86. The maximum atomic E-state index is 5.86. The lowest BCUT2D eigenvalue weighted by Gasteiger charge is -2.09. The molecule has 0 saturated carbocycles. The van der Waals surface area contributed by atoms with Gasteiger partial charge in [-0.05, 0) is 37.0 Å². The molecule has 74 valence electrons. The third-order valence-electron chi connectivity index (χ3n) is 2.45. The second-order valence-electron chi connectivity index (χ2n) is 3.79. The molecular formula is C13H17N. The van der Waals surface area contributed by atoms with E-state index in [1.165, 1.54) is 16.7 Å². The summed E-state index contributed by atoms with van der Waals surface area (Å²) in [6, 6.07) is 6.53. The van der Waals surface area contributed by atoms with Crippen molar-refractivity contribution in [1.82, 2.24) is 0 Å². The summed E-state index contributed by atoms with van der Waals surface area (Å²) in [5, 5.41) is 0. The smallest absolute Gasteiger partial charge is 0.0241 e. The van der Waals surface area contributed by atoms with E-state index in [9.17, 15) is 0 Å². The maximum Gasteiger partial charge on any atom is 0.0241 e. The first-order valence-corrected chi connectivity index (χ1v) is 4.88. The Kier molecular flexibility index (Phi) is 3.73. The van der Waals surface area contributed by atoms with Gasteiger partial charge in [0.15, 0.2) is 0 Å². The number of aryl methyl sites for hydroxylation is 2. The molecule has 0 heterocycles. The van der Waals surface area contributed by atoms with Crippen molar-refractivity contribution in [3.63, 3.8) is 0 Å². The molecule has 0 radical (unpaired) electrons. The minimum Gasteiger partial charge on any atom is -0.327 e. The molecule has 0 amide bonds. The van der Waals surface area contributed by atoms with Gasteiger partial charge >= 0.3 is 0 Å². The molecule has 14 heavy (non-hydrogen) atoms. The van der Waals surface area contributed by atoms with Gasteiger partial charge in [-0.25, -0.2) is 0 Å². The molecular weight excluding hydrogens is 170 g/mol. The number of benzene rings is 1. The highest BCUT2D eigenvalue weighted by atomic mass is 14.6. The lowest BCUT2D eigenvalue weighted by molar-refractivity contribution is 0.689. The van der Waals surface area contributed by atoms with E-state index in [1.807, 2.05) is 0 Å². The third-order valence-corrected chi connectivity index (χ3v) is 2.45. The molecule has 2 N–H and O–H groups in total. The van der Waals surface area contributed by atoms with Gasteiger partial charge in [0.05, 0.1) is 0 Å². The van der Waals surface area contributed by atoms with Gasteiger partial charge in [0.25, 0.3) is 0 Å². The molecule has 0 fully saturated rings. The summed E-state index contributed by atoms with van der Waals surface area (Å²) in [6.07, 6.45) is 6.72. The Bertz CT molecular complexity index is 347. The highest BCUT2D eigenvalue weighted by Crippen LogP contribution is 2.11. The first-order valence-electron chi connectivity index (χ1n) is 4.88. The second kappa shape index (κ2) is 4.83. The van der Waals surface area contributed by atoms with Crippen molar-refractivity contribution in [2.45, 2.75) is 32.7 Å². The Hall–Kier alpha value is -1.26. The zero-order chi connectivity index (χ0) is 10.6.